The molecule has 1 heterocycles. The van der Waals surface area contributed by atoms with Gasteiger partial charge in [0, 0.05) is 5.56 Å². The van der Waals surface area contributed by atoms with Gasteiger partial charge in [-0.1, -0.05) is 43.7 Å². The van der Waals surface area contributed by atoms with E-state index in [1.165, 1.54) is 5.56 Å². The Balaban J connectivity index is 2.52. The summed E-state index contributed by atoms with van der Waals surface area (Å²) in [5, 5.41) is 9.17. The molecule has 0 saturated heterocycles. The Morgan fingerprint density at radius 2 is 1.74 bits per heavy atom. The van der Waals surface area contributed by atoms with E-state index in [9.17, 15) is 9.90 Å². The number of pyridine rings is 1. The summed E-state index contributed by atoms with van der Waals surface area (Å²) < 4.78 is 0. The van der Waals surface area contributed by atoms with Gasteiger partial charge in [0.15, 0.2) is 0 Å². The second-order valence-corrected chi connectivity index (χ2v) is 4.96. The highest BCUT2D eigenvalue weighted by Gasteiger charge is 2.15. The maximum Gasteiger partial charge on any atom is 0.337 e. The monoisotopic (exact) mass is 255 g/mol. The Bertz CT molecular complexity index is 601. The Hall–Kier alpha value is -2.16. The van der Waals surface area contributed by atoms with Gasteiger partial charge in [0.05, 0.1) is 17.0 Å². The lowest BCUT2D eigenvalue weighted by molar-refractivity contribution is 0.0694. The van der Waals surface area contributed by atoms with E-state index < -0.39 is 5.97 Å². The zero-order chi connectivity index (χ0) is 14.0. The topological polar surface area (TPSA) is 50.2 Å². The molecule has 0 radical (unpaired) electrons. The zero-order valence-corrected chi connectivity index (χ0v) is 11.3. The summed E-state index contributed by atoms with van der Waals surface area (Å²) in [5.74, 6) is -0.844. The van der Waals surface area contributed by atoms with Crippen molar-refractivity contribution >= 4 is 5.97 Å². The highest BCUT2D eigenvalue weighted by Crippen LogP contribution is 2.23. The lowest BCUT2D eigenvalue weighted by Gasteiger charge is -2.11. The number of carbonyl (C=O) groups is 1. The van der Waals surface area contributed by atoms with Gasteiger partial charge < -0.3 is 5.11 Å². The fourth-order valence-electron chi connectivity index (χ4n) is 1.98. The van der Waals surface area contributed by atoms with Gasteiger partial charge in [0.2, 0.25) is 0 Å². The van der Waals surface area contributed by atoms with Crippen LogP contribution in [0, 0.1) is 6.92 Å². The van der Waals surface area contributed by atoms with Crippen LogP contribution < -0.4 is 0 Å². The molecule has 0 aliphatic heterocycles. The summed E-state index contributed by atoms with van der Waals surface area (Å²) in [6.07, 6.45) is 0. The molecule has 0 fully saturated rings. The summed E-state index contributed by atoms with van der Waals surface area (Å²) in [7, 11) is 0. The van der Waals surface area contributed by atoms with Crippen LogP contribution in [-0.4, -0.2) is 16.1 Å². The van der Waals surface area contributed by atoms with Crippen LogP contribution in [0.2, 0.25) is 0 Å². The van der Waals surface area contributed by atoms with Crippen molar-refractivity contribution in [1.82, 2.24) is 4.98 Å². The van der Waals surface area contributed by atoms with E-state index in [0.717, 1.165) is 11.3 Å². The van der Waals surface area contributed by atoms with Crippen LogP contribution >= 0.6 is 0 Å². The summed E-state index contributed by atoms with van der Waals surface area (Å²) in [4.78, 5) is 15.7. The number of hydrogen-bond acceptors (Lipinski definition) is 2. The number of carboxylic acid groups (broad SMARTS) is 1. The minimum Gasteiger partial charge on any atom is -0.478 e. The summed E-state index contributed by atoms with van der Waals surface area (Å²) >= 11 is 0. The van der Waals surface area contributed by atoms with Gasteiger partial charge in [0.1, 0.15) is 0 Å². The van der Waals surface area contributed by atoms with Crippen molar-refractivity contribution in [1.29, 1.82) is 0 Å². The SMILES string of the molecule is Cc1ccc(-c2ccc(C(=O)O)c(C(C)C)n2)cc1. The second-order valence-electron chi connectivity index (χ2n) is 4.96. The molecule has 0 aliphatic carbocycles. The molecule has 0 bridgehead atoms. The average Bonchev–Trinajstić information content (AvgIpc) is 2.38. The number of carboxylic acids is 1. The van der Waals surface area contributed by atoms with E-state index >= 15 is 0 Å². The van der Waals surface area contributed by atoms with E-state index in [-0.39, 0.29) is 11.5 Å². The van der Waals surface area contributed by atoms with Crippen molar-refractivity contribution in [2.45, 2.75) is 26.7 Å². The number of aryl methyl sites for hydroxylation is 1. The van der Waals surface area contributed by atoms with Crippen molar-refractivity contribution in [2.75, 3.05) is 0 Å². The van der Waals surface area contributed by atoms with E-state index in [1.807, 2.05) is 45.0 Å². The molecule has 0 aliphatic rings. The summed E-state index contributed by atoms with van der Waals surface area (Å²) in [6.45, 7) is 5.94. The van der Waals surface area contributed by atoms with Gasteiger partial charge in [-0.25, -0.2) is 4.79 Å². The normalized spacial score (nSPS) is 10.7. The molecule has 3 nitrogen and oxygen atoms in total. The van der Waals surface area contributed by atoms with Gasteiger partial charge >= 0.3 is 5.97 Å². The van der Waals surface area contributed by atoms with Gasteiger partial charge in [-0.15, -0.1) is 0 Å². The Kier molecular flexibility index (Phi) is 3.65. The molecule has 1 N–H and O–H groups in total. The zero-order valence-electron chi connectivity index (χ0n) is 11.3. The number of rotatable bonds is 3. The number of aromatic nitrogens is 1. The van der Waals surface area contributed by atoms with Gasteiger partial charge in [-0.3, -0.25) is 4.98 Å². The molecule has 98 valence electrons. The Morgan fingerprint density at radius 3 is 2.26 bits per heavy atom. The van der Waals surface area contributed by atoms with Crippen molar-refractivity contribution in [3.63, 3.8) is 0 Å². The van der Waals surface area contributed by atoms with Crippen molar-refractivity contribution in [3.8, 4) is 11.3 Å². The van der Waals surface area contributed by atoms with Crippen molar-refractivity contribution in [3.05, 3.63) is 53.2 Å². The smallest absolute Gasteiger partial charge is 0.337 e. The molecule has 1 aromatic heterocycles. The lowest BCUT2D eigenvalue weighted by atomic mass is 10.0. The summed E-state index contributed by atoms with van der Waals surface area (Å²) in [5.41, 5.74) is 3.92. The lowest BCUT2D eigenvalue weighted by Crippen LogP contribution is -2.07. The van der Waals surface area contributed by atoms with Crippen LogP contribution in [0.15, 0.2) is 36.4 Å². The van der Waals surface area contributed by atoms with Crippen LogP contribution in [0.1, 0.15) is 41.4 Å². The standard InChI is InChI=1S/C16H17NO2/c1-10(2)15-13(16(18)19)8-9-14(17-15)12-6-4-11(3)5-7-12/h4-10H,1-3H3,(H,18,19). The first-order chi connectivity index (χ1) is 8.99. The number of aromatic carboxylic acids is 1. The molecule has 0 unspecified atom stereocenters. The van der Waals surface area contributed by atoms with Gasteiger partial charge in [-0.2, -0.15) is 0 Å². The minimum atomic E-state index is -0.924. The molecule has 0 amide bonds. The number of nitrogens with zero attached hydrogens (tertiary/aromatic N) is 1. The first-order valence-corrected chi connectivity index (χ1v) is 6.30. The second kappa shape index (κ2) is 5.22. The first kappa shape index (κ1) is 13.3. The van der Waals surface area contributed by atoms with Crippen LogP contribution in [0.3, 0.4) is 0 Å². The average molecular weight is 255 g/mol. The highest BCUT2D eigenvalue weighted by atomic mass is 16.4. The quantitative estimate of drug-likeness (QED) is 0.905. The fraction of sp³-hybridized carbons (Fsp3) is 0.250. The third-order valence-electron chi connectivity index (χ3n) is 3.05. The predicted octanol–water partition coefficient (Wildman–Crippen LogP) is 3.88. The van der Waals surface area contributed by atoms with E-state index in [2.05, 4.69) is 4.98 Å². The molecule has 19 heavy (non-hydrogen) atoms. The molecule has 0 spiro atoms. The number of hydrogen-bond donors (Lipinski definition) is 1. The Labute approximate surface area is 112 Å². The van der Waals surface area contributed by atoms with Crippen LogP contribution in [0.25, 0.3) is 11.3 Å². The maximum atomic E-state index is 11.2. The third kappa shape index (κ3) is 2.81. The number of benzene rings is 1. The molecule has 2 rings (SSSR count). The van der Waals surface area contributed by atoms with Crippen molar-refractivity contribution in [2.24, 2.45) is 0 Å². The molecular formula is C16H17NO2. The first-order valence-electron chi connectivity index (χ1n) is 6.30. The summed E-state index contributed by atoms with van der Waals surface area (Å²) in [6, 6.07) is 11.5. The molecule has 0 saturated carbocycles. The Morgan fingerprint density at radius 1 is 1.11 bits per heavy atom. The predicted molar refractivity (Wildman–Crippen MR) is 75.5 cm³/mol. The van der Waals surface area contributed by atoms with Crippen LogP contribution in [-0.2, 0) is 0 Å². The van der Waals surface area contributed by atoms with Gasteiger partial charge in [0.25, 0.3) is 0 Å². The van der Waals surface area contributed by atoms with Crippen LogP contribution in [0.4, 0.5) is 0 Å². The fourth-order valence-corrected chi connectivity index (χ4v) is 1.98. The largest absolute Gasteiger partial charge is 0.478 e. The van der Waals surface area contributed by atoms with E-state index in [4.69, 9.17) is 0 Å². The van der Waals surface area contributed by atoms with E-state index in [1.54, 1.807) is 12.1 Å². The molecule has 0 atom stereocenters. The molecule has 1 aromatic carbocycles. The van der Waals surface area contributed by atoms with Crippen LogP contribution in [0.5, 0.6) is 0 Å². The third-order valence-corrected chi connectivity index (χ3v) is 3.05. The maximum absolute atomic E-state index is 11.2. The van der Waals surface area contributed by atoms with Crippen molar-refractivity contribution < 1.29 is 9.90 Å². The molecule has 3 heteroatoms. The highest BCUT2D eigenvalue weighted by molar-refractivity contribution is 5.89. The minimum absolute atomic E-state index is 0.0801. The van der Waals surface area contributed by atoms with E-state index in [0.29, 0.717) is 5.69 Å². The molecule has 2 aromatic rings. The molecular weight excluding hydrogens is 238 g/mol. The van der Waals surface area contributed by atoms with Gasteiger partial charge in [-0.05, 0) is 25.0 Å².